The molecule has 2 amide bonds. The highest BCUT2D eigenvalue weighted by atomic mass is 16.2. The quantitative estimate of drug-likeness (QED) is 0.722. The lowest BCUT2D eigenvalue weighted by Crippen LogP contribution is -2.55. The van der Waals surface area contributed by atoms with Gasteiger partial charge in [0.05, 0.1) is 12.6 Å². The second kappa shape index (κ2) is 10.1. The van der Waals surface area contributed by atoms with E-state index in [0.29, 0.717) is 6.54 Å². The maximum Gasteiger partial charge on any atom is 0.239 e. The number of piperazine rings is 1. The van der Waals surface area contributed by atoms with Crippen molar-refractivity contribution in [1.29, 1.82) is 0 Å². The van der Waals surface area contributed by atoms with E-state index in [9.17, 15) is 9.59 Å². The van der Waals surface area contributed by atoms with Crippen LogP contribution in [0.5, 0.6) is 0 Å². The lowest BCUT2D eigenvalue weighted by molar-refractivity contribution is -0.138. The lowest BCUT2D eigenvalue weighted by atomic mass is 10.2. The minimum Gasteiger partial charge on any atom is -0.342 e. The first-order valence-corrected chi connectivity index (χ1v) is 10.1. The van der Waals surface area contributed by atoms with Crippen molar-refractivity contribution in [2.75, 3.05) is 58.9 Å². The van der Waals surface area contributed by atoms with Gasteiger partial charge in [-0.05, 0) is 33.6 Å². The van der Waals surface area contributed by atoms with Crippen LogP contribution in [0, 0.1) is 0 Å². The van der Waals surface area contributed by atoms with E-state index in [1.54, 1.807) is 0 Å². The van der Waals surface area contributed by atoms with Crippen LogP contribution in [0.2, 0.25) is 0 Å². The molecule has 0 aliphatic carbocycles. The average Bonchev–Trinajstić information content (AvgIpc) is 2.91. The average molecular weight is 353 g/mol. The topological polar surface area (TPSA) is 47.1 Å². The molecule has 0 saturated carbocycles. The van der Waals surface area contributed by atoms with E-state index in [0.717, 1.165) is 65.2 Å². The van der Waals surface area contributed by atoms with Crippen molar-refractivity contribution in [2.24, 2.45) is 0 Å². The van der Waals surface area contributed by atoms with Crippen LogP contribution in [0.1, 0.15) is 46.5 Å². The molecule has 0 aromatic rings. The number of hydrogen-bond acceptors (Lipinski definition) is 4. The number of carbonyl (C=O) groups excluding carboxylic acids is 2. The number of nitrogens with zero attached hydrogens (tertiary/aromatic N) is 4. The summed E-state index contributed by atoms with van der Waals surface area (Å²) in [5.41, 5.74) is 0. The Kier molecular flexibility index (Phi) is 8.16. The van der Waals surface area contributed by atoms with Gasteiger partial charge in [0.1, 0.15) is 0 Å². The molecular formula is C19H36N4O2. The lowest BCUT2D eigenvalue weighted by Gasteiger charge is -2.39. The highest BCUT2D eigenvalue weighted by Crippen LogP contribution is 2.14. The molecular weight excluding hydrogens is 316 g/mol. The van der Waals surface area contributed by atoms with Crippen LogP contribution < -0.4 is 0 Å². The summed E-state index contributed by atoms with van der Waals surface area (Å²) in [6, 6.07) is -0.0428. The van der Waals surface area contributed by atoms with Crippen molar-refractivity contribution < 1.29 is 9.59 Å². The molecule has 1 atom stereocenters. The number of carbonyl (C=O) groups is 2. The molecule has 25 heavy (non-hydrogen) atoms. The largest absolute Gasteiger partial charge is 0.342 e. The third kappa shape index (κ3) is 5.68. The summed E-state index contributed by atoms with van der Waals surface area (Å²) < 4.78 is 0. The predicted molar refractivity (Wildman–Crippen MR) is 100 cm³/mol. The highest BCUT2D eigenvalue weighted by molar-refractivity contribution is 5.81. The van der Waals surface area contributed by atoms with Gasteiger partial charge in [0, 0.05) is 52.4 Å². The fourth-order valence-corrected chi connectivity index (χ4v) is 3.89. The number of rotatable bonds is 6. The summed E-state index contributed by atoms with van der Waals surface area (Å²) in [7, 11) is 0. The van der Waals surface area contributed by atoms with E-state index in [4.69, 9.17) is 0 Å². The first-order chi connectivity index (χ1) is 12.1. The maximum atomic E-state index is 12.8. The van der Waals surface area contributed by atoms with E-state index in [1.807, 2.05) is 25.7 Å². The Bertz CT molecular complexity index is 423. The molecule has 0 aromatic heterocycles. The first kappa shape index (κ1) is 20.2. The van der Waals surface area contributed by atoms with E-state index in [1.165, 1.54) is 12.8 Å². The molecule has 1 unspecified atom stereocenters. The van der Waals surface area contributed by atoms with Gasteiger partial charge in [-0.2, -0.15) is 0 Å². The summed E-state index contributed by atoms with van der Waals surface area (Å²) in [6.07, 6.45) is 4.77. The van der Waals surface area contributed by atoms with Gasteiger partial charge in [-0.1, -0.05) is 12.8 Å². The zero-order valence-corrected chi connectivity index (χ0v) is 16.4. The number of hydrogen-bond donors (Lipinski definition) is 0. The zero-order chi connectivity index (χ0) is 18.2. The van der Waals surface area contributed by atoms with Gasteiger partial charge < -0.3 is 9.80 Å². The van der Waals surface area contributed by atoms with Crippen molar-refractivity contribution in [1.82, 2.24) is 19.6 Å². The third-order valence-corrected chi connectivity index (χ3v) is 5.70. The normalized spacial score (nSPS) is 21.6. The molecule has 2 fully saturated rings. The Labute approximate surface area is 153 Å². The molecule has 144 valence electrons. The molecule has 2 rings (SSSR count). The van der Waals surface area contributed by atoms with Crippen molar-refractivity contribution in [2.45, 2.75) is 52.5 Å². The van der Waals surface area contributed by atoms with Crippen LogP contribution in [0.25, 0.3) is 0 Å². The van der Waals surface area contributed by atoms with Gasteiger partial charge in [0.2, 0.25) is 11.8 Å². The Morgan fingerprint density at radius 3 is 1.96 bits per heavy atom. The van der Waals surface area contributed by atoms with Gasteiger partial charge in [-0.25, -0.2) is 0 Å². The second-order valence-corrected chi connectivity index (χ2v) is 7.29. The van der Waals surface area contributed by atoms with E-state index in [-0.39, 0.29) is 17.9 Å². The monoisotopic (exact) mass is 352 g/mol. The minimum absolute atomic E-state index is 0.0428. The Morgan fingerprint density at radius 1 is 0.880 bits per heavy atom. The van der Waals surface area contributed by atoms with E-state index < -0.39 is 0 Å². The van der Waals surface area contributed by atoms with E-state index in [2.05, 4.69) is 14.7 Å². The SMILES string of the molecule is CCN(CC)C(=O)CN1CCN(C(C)C(=O)N2CCCCCC2)CC1. The van der Waals surface area contributed by atoms with Crippen molar-refractivity contribution in [3.8, 4) is 0 Å². The van der Waals surface area contributed by atoms with Crippen LogP contribution in [-0.2, 0) is 9.59 Å². The molecule has 0 N–H and O–H groups in total. The molecule has 0 radical (unpaired) electrons. The third-order valence-electron chi connectivity index (χ3n) is 5.70. The summed E-state index contributed by atoms with van der Waals surface area (Å²) in [4.78, 5) is 33.5. The molecule has 6 nitrogen and oxygen atoms in total. The molecule has 2 saturated heterocycles. The highest BCUT2D eigenvalue weighted by Gasteiger charge is 2.29. The molecule has 0 bridgehead atoms. The second-order valence-electron chi connectivity index (χ2n) is 7.29. The van der Waals surface area contributed by atoms with Gasteiger partial charge >= 0.3 is 0 Å². The van der Waals surface area contributed by atoms with Gasteiger partial charge in [0.25, 0.3) is 0 Å². The van der Waals surface area contributed by atoms with Crippen molar-refractivity contribution >= 4 is 11.8 Å². The molecule has 0 aromatic carbocycles. The Hall–Kier alpha value is -1.14. The van der Waals surface area contributed by atoms with Crippen LogP contribution in [0.15, 0.2) is 0 Å². The molecule has 2 aliphatic rings. The zero-order valence-electron chi connectivity index (χ0n) is 16.4. The standard InChI is InChI=1S/C19H36N4O2/c1-4-21(5-2)18(24)16-20-12-14-22(15-13-20)17(3)19(25)23-10-8-6-7-9-11-23/h17H,4-16H2,1-3H3. The summed E-state index contributed by atoms with van der Waals surface area (Å²) in [6.45, 7) is 13.4. The molecule has 6 heteroatoms. The van der Waals surface area contributed by atoms with Crippen LogP contribution >= 0.6 is 0 Å². The predicted octanol–water partition coefficient (Wildman–Crippen LogP) is 1.26. The van der Waals surface area contributed by atoms with Crippen LogP contribution in [-0.4, -0.2) is 96.4 Å². The van der Waals surface area contributed by atoms with Crippen molar-refractivity contribution in [3.63, 3.8) is 0 Å². The molecule has 0 spiro atoms. The number of likely N-dealkylation sites (N-methyl/N-ethyl adjacent to an activating group) is 1. The fourth-order valence-electron chi connectivity index (χ4n) is 3.89. The van der Waals surface area contributed by atoms with Gasteiger partial charge in [-0.15, -0.1) is 0 Å². The molecule has 2 heterocycles. The van der Waals surface area contributed by atoms with Gasteiger partial charge in [-0.3, -0.25) is 19.4 Å². The number of likely N-dealkylation sites (tertiary alicyclic amines) is 1. The maximum absolute atomic E-state index is 12.8. The van der Waals surface area contributed by atoms with Crippen molar-refractivity contribution in [3.05, 3.63) is 0 Å². The first-order valence-electron chi connectivity index (χ1n) is 10.1. The summed E-state index contributed by atoms with van der Waals surface area (Å²) in [5.74, 6) is 0.502. The Balaban J connectivity index is 1.78. The summed E-state index contributed by atoms with van der Waals surface area (Å²) in [5, 5.41) is 0. The Morgan fingerprint density at radius 2 is 1.44 bits per heavy atom. The van der Waals surface area contributed by atoms with Crippen LogP contribution in [0.4, 0.5) is 0 Å². The van der Waals surface area contributed by atoms with Gasteiger partial charge in [0.15, 0.2) is 0 Å². The summed E-state index contributed by atoms with van der Waals surface area (Å²) >= 11 is 0. The minimum atomic E-state index is -0.0428. The molecule has 2 aliphatic heterocycles. The fraction of sp³-hybridized carbons (Fsp3) is 0.895. The van der Waals surface area contributed by atoms with E-state index >= 15 is 0 Å². The van der Waals surface area contributed by atoms with Crippen LogP contribution in [0.3, 0.4) is 0 Å². The smallest absolute Gasteiger partial charge is 0.239 e. The number of amides is 2.